The van der Waals surface area contributed by atoms with E-state index in [-0.39, 0.29) is 12.6 Å². The van der Waals surface area contributed by atoms with Gasteiger partial charge in [0.15, 0.2) is 0 Å². The largest absolute Gasteiger partial charge is 0.457 e. The second-order valence-electron chi connectivity index (χ2n) is 14.1. The molecule has 0 rings (SSSR count). The number of unbranched alkanes of at least 4 members (excludes halogenated alkanes) is 31. The van der Waals surface area contributed by atoms with Crippen LogP contribution in [0.3, 0.4) is 0 Å². The van der Waals surface area contributed by atoms with E-state index in [1.54, 1.807) is 0 Å². The molecule has 45 heavy (non-hydrogen) atoms. The zero-order valence-electron chi connectivity index (χ0n) is 30.9. The highest BCUT2D eigenvalue weighted by Crippen LogP contribution is 2.16. The summed E-state index contributed by atoms with van der Waals surface area (Å²) >= 11 is 0. The number of aliphatic hydroxyl groups is 1. The van der Waals surface area contributed by atoms with E-state index >= 15 is 0 Å². The molecule has 0 heterocycles. The normalized spacial score (nSPS) is 12.2. The van der Waals surface area contributed by atoms with E-state index in [0.717, 1.165) is 19.3 Å². The molecule has 270 valence electrons. The molecule has 1 N–H and O–H groups in total. The molecule has 0 aliphatic heterocycles. The summed E-state index contributed by atoms with van der Waals surface area (Å²) in [4.78, 5) is 12.1. The zero-order valence-corrected chi connectivity index (χ0v) is 30.9. The average molecular weight is 639 g/mol. The lowest BCUT2D eigenvalue weighted by Gasteiger charge is -2.16. The van der Waals surface area contributed by atoms with E-state index in [1.165, 1.54) is 193 Å². The van der Waals surface area contributed by atoms with Crippen LogP contribution < -0.4 is 0 Å². The Balaban J connectivity index is 3.29. The van der Waals surface area contributed by atoms with Crippen LogP contribution in [0.15, 0.2) is 0 Å². The van der Waals surface area contributed by atoms with Gasteiger partial charge in [0.05, 0.1) is 13.2 Å². The van der Waals surface area contributed by atoms with Crippen LogP contribution in [0, 0.1) is 0 Å². The van der Waals surface area contributed by atoms with Gasteiger partial charge in [0.25, 0.3) is 0 Å². The predicted octanol–water partition coefficient (Wildman–Crippen LogP) is 13.2. The lowest BCUT2D eigenvalue weighted by atomic mass is 10.0. The Bertz CT molecular complexity index is 552. The Kier molecular flexibility index (Phi) is 39.0. The summed E-state index contributed by atoms with van der Waals surface area (Å²) in [6, 6.07) is 0. The maximum Gasteiger partial charge on any atom is 0.306 e. The summed E-state index contributed by atoms with van der Waals surface area (Å²) in [5, 5.41) is 9.54. The van der Waals surface area contributed by atoms with Crippen LogP contribution in [-0.4, -0.2) is 37.0 Å². The monoisotopic (exact) mass is 639 g/mol. The number of esters is 1. The van der Waals surface area contributed by atoms with Crippen LogP contribution >= 0.6 is 0 Å². The van der Waals surface area contributed by atoms with Gasteiger partial charge in [-0.25, -0.2) is 0 Å². The molecule has 0 radical (unpaired) electrons. The predicted molar refractivity (Wildman–Crippen MR) is 196 cm³/mol. The molecule has 0 aromatic rings. The van der Waals surface area contributed by atoms with Crippen molar-refractivity contribution in [2.45, 2.75) is 238 Å². The van der Waals surface area contributed by atoms with Gasteiger partial charge in [-0.3, -0.25) is 4.79 Å². The Hall–Kier alpha value is -0.610. The van der Waals surface area contributed by atoms with Crippen molar-refractivity contribution in [2.75, 3.05) is 19.8 Å². The Morgan fingerprint density at radius 2 is 0.733 bits per heavy atom. The van der Waals surface area contributed by atoms with Crippen LogP contribution in [0.2, 0.25) is 0 Å². The highest BCUT2D eigenvalue weighted by atomic mass is 16.6. The summed E-state index contributed by atoms with van der Waals surface area (Å²) in [7, 11) is 0. The molecule has 0 bridgehead atoms. The standard InChI is InChI=1S/C41H82O4/c1-3-5-7-9-11-13-14-15-16-17-18-19-20-21-22-23-24-25-26-27-29-31-33-35-37-44-39-40(38-42)45-41(43)36-34-32-30-28-12-10-8-6-4-2/h40,42H,3-39H2,1-2H3. The van der Waals surface area contributed by atoms with E-state index in [9.17, 15) is 9.90 Å². The third-order valence-electron chi connectivity index (χ3n) is 9.43. The first-order chi connectivity index (χ1) is 22.2. The fraction of sp³-hybridized carbons (Fsp3) is 0.976. The molecule has 0 spiro atoms. The van der Waals surface area contributed by atoms with Crippen molar-refractivity contribution in [3.05, 3.63) is 0 Å². The van der Waals surface area contributed by atoms with Crippen molar-refractivity contribution < 1.29 is 19.4 Å². The Morgan fingerprint density at radius 1 is 0.444 bits per heavy atom. The van der Waals surface area contributed by atoms with E-state index in [0.29, 0.717) is 19.6 Å². The minimum Gasteiger partial charge on any atom is -0.457 e. The fourth-order valence-electron chi connectivity index (χ4n) is 6.33. The Morgan fingerprint density at radius 3 is 1.04 bits per heavy atom. The minimum atomic E-state index is -0.523. The van der Waals surface area contributed by atoms with Crippen molar-refractivity contribution in [3.8, 4) is 0 Å². The summed E-state index contributed by atoms with van der Waals surface area (Å²) in [5.41, 5.74) is 0. The van der Waals surface area contributed by atoms with Crippen molar-refractivity contribution in [3.63, 3.8) is 0 Å². The second-order valence-corrected chi connectivity index (χ2v) is 14.1. The quantitative estimate of drug-likeness (QED) is 0.0537. The van der Waals surface area contributed by atoms with Crippen molar-refractivity contribution in [1.82, 2.24) is 0 Å². The highest BCUT2D eigenvalue weighted by molar-refractivity contribution is 5.69. The molecular formula is C41H82O4. The highest BCUT2D eigenvalue weighted by Gasteiger charge is 2.13. The van der Waals surface area contributed by atoms with Crippen LogP contribution in [0.4, 0.5) is 0 Å². The van der Waals surface area contributed by atoms with Gasteiger partial charge in [-0.1, -0.05) is 213 Å². The average Bonchev–Trinajstić information content (AvgIpc) is 3.05. The summed E-state index contributed by atoms with van der Waals surface area (Å²) in [5.74, 6) is -0.199. The SMILES string of the molecule is CCCCCCCCCCCCCCCCCCCCCCCCCCOCC(CO)OC(=O)CCCCCCCCCCC. The third-order valence-corrected chi connectivity index (χ3v) is 9.43. The summed E-state index contributed by atoms with van der Waals surface area (Å²) < 4.78 is 11.1. The number of rotatable bonds is 39. The van der Waals surface area contributed by atoms with Crippen LogP contribution in [0.5, 0.6) is 0 Å². The number of ether oxygens (including phenoxy) is 2. The third kappa shape index (κ3) is 37.7. The molecule has 1 atom stereocenters. The number of carbonyl (C=O) groups is 1. The number of carbonyl (C=O) groups excluding carboxylic acids is 1. The first kappa shape index (κ1) is 44.4. The van der Waals surface area contributed by atoms with Crippen LogP contribution in [-0.2, 0) is 14.3 Å². The minimum absolute atomic E-state index is 0.164. The summed E-state index contributed by atoms with van der Waals surface area (Å²) in [6.45, 7) is 5.37. The Labute approximate surface area is 283 Å². The van der Waals surface area contributed by atoms with Gasteiger partial charge in [-0.05, 0) is 12.8 Å². The molecule has 1 unspecified atom stereocenters. The fourth-order valence-corrected chi connectivity index (χ4v) is 6.33. The molecule has 4 heteroatoms. The molecule has 4 nitrogen and oxygen atoms in total. The van der Waals surface area contributed by atoms with Crippen molar-refractivity contribution in [2.24, 2.45) is 0 Å². The first-order valence-corrected chi connectivity index (χ1v) is 20.6. The molecule has 0 aromatic carbocycles. The second kappa shape index (κ2) is 39.6. The van der Waals surface area contributed by atoms with Gasteiger partial charge in [0, 0.05) is 13.0 Å². The van der Waals surface area contributed by atoms with Gasteiger partial charge < -0.3 is 14.6 Å². The number of hydrogen-bond acceptors (Lipinski definition) is 4. The van der Waals surface area contributed by atoms with E-state index in [2.05, 4.69) is 13.8 Å². The molecule has 0 saturated carbocycles. The molecule has 0 saturated heterocycles. The van der Waals surface area contributed by atoms with Gasteiger partial charge in [0.1, 0.15) is 6.10 Å². The molecule has 0 fully saturated rings. The molecule has 0 amide bonds. The van der Waals surface area contributed by atoms with Gasteiger partial charge >= 0.3 is 5.97 Å². The maximum absolute atomic E-state index is 12.1. The number of aliphatic hydroxyl groups excluding tert-OH is 1. The van der Waals surface area contributed by atoms with Gasteiger partial charge in [-0.2, -0.15) is 0 Å². The van der Waals surface area contributed by atoms with Crippen molar-refractivity contribution in [1.29, 1.82) is 0 Å². The molecule has 0 aromatic heterocycles. The van der Waals surface area contributed by atoms with Gasteiger partial charge in [0.2, 0.25) is 0 Å². The zero-order chi connectivity index (χ0) is 32.7. The van der Waals surface area contributed by atoms with Gasteiger partial charge in [-0.15, -0.1) is 0 Å². The van der Waals surface area contributed by atoms with E-state index < -0.39 is 6.10 Å². The topological polar surface area (TPSA) is 55.8 Å². The van der Waals surface area contributed by atoms with E-state index in [4.69, 9.17) is 9.47 Å². The van der Waals surface area contributed by atoms with E-state index in [1.807, 2.05) is 0 Å². The summed E-state index contributed by atoms with van der Waals surface area (Å²) in [6.07, 6.45) is 44.6. The van der Waals surface area contributed by atoms with Crippen LogP contribution in [0.1, 0.15) is 232 Å². The smallest absolute Gasteiger partial charge is 0.306 e. The first-order valence-electron chi connectivity index (χ1n) is 20.6. The van der Waals surface area contributed by atoms with Crippen molar-refractivity contribution >= 4 is 5.97 Å². The molecule has 0 aliphatic rings. The maximum atomic E-state index is 12.1. The lowest BCUT2D eigenvalue weighted by Crippen LogP contribution is -2.27. The molecule has 0 aliphatic carbocycles. The number of hydrogen-bond donors (Lipinski definition) is 1. The molecular weight excluding hydrogens is 556 g/mol. The lowest BCUT2D eigenvalue weighted by molar-refractivity contribution is -0.154. The van der Waals surface area contributed by atoms with Crippen LogP contribution in [0.25, 0.3) is 0 Å².